The van der Waals surface area contributed by atoms with Crippen molar-refractivity contribution in [3.8, 4) is 0 Å². The number of aliphatic hydroxyl groups excluding tert-OH is 24. The van der Waals surface area contributed by atoms with Gasteiger partial charge in [-0.2, -0.15) is 0 Å². The molecule has 630 valence electrons. The van der Waals surface area contributed by atoms with Gasteiger partial charge in [-0.3, -0.25) is 9.59 Å². The predicted molar refractivity (Wildman–Crippen MR) is 339 cm³/mol. The van der Waals surface area contributed by atoms with E-state index in [0.717, 1.165) is 0 Å². The van der Waals surface area contributed by atoms with E-state index in [-0.39, 0.29) is 0 Å². The number of hydrogen-bond acceptors (Lipinski definition) is 50. The average Bonchev–Trinajstić information content (AvgIpc) is 0.750. The highest BCUT2D eigenvalue weighted by molar-refractivity contribution is 5.95. The molecular formula is C58H107N9O41. The molecule has 0 aromatic heterocycles. The van der Waals surface area contributed by atoms with E-state index in [1.165, 1.54) is 0 Å². The predicted octanol–water partition coefficient (Wildman–Crippen LogP) is -23.3. The maximum absolute atomic E-state index is 14.1. The van der Waals surface area contributed by atoms with Crippen molar-refractivity contribution in [3.05, 3.63) is 0 Å². The third-order valence-electron chi connectivity index (χ3n) is 20.8. The molecule has 45 atom stereocenters. The number of Topliss-reactive ketones (excluding diaryl/α,β-unsaturated/α-hetero) is 2. The molecule has 0 aliphatic carbocycles. The van der Waals surface area contributed by atoms with Gasteiger partial charge in [0.05, 0.1) is 114 Å². The molecule has 0 aromatic rings. The van der Waals surface area contributed by atoms with Gasteiger partial charge in [-0.25, -0.2) is 0 Å². The first-order chi connectivity index (χ1) is 50.9. The highest BCUT2D eigenvalue weighted by Gasteiger charge is 2.63. The smallest absolute Gasteiger partial charge is 0.180 e. The Hall–Kier alpha value is -2.58. The molecule has 0 bridgehead atoms. The quantitative estimate of drug-likeness (QED) is 0.0382. The SMILES string of the molecule is N[C@H]1[C@@H](OC2[C@@H](CO)O[C@@H](OC3[C@@H](CO)O[C@@H](O)[C@H](N)[C@H]3O)[C@H](N)[C@H]2O)O[C@@](CO)(C(=O)CCC(=O)[C@]2(CO)O[C@H](OC3[C@@H](CO)O[C@@H](OC4[C@@H](CO)O[C@@H](O)[C@H](N)[C@H]4O)[C@H](N)[C@H]3O)[C@H](N)[C@@H](O)[C@@H]2O)[C@@H](O)[C@@H]1O.N[C@H]1[C@H](OC2[C@@H](CO)O[C@@H](OC3[C@@H](CO)O[C@@H](O)[C@H](N)[C@H]3O)[C@H](N)[C@H]2O)O[C@H](CO)[C@@H](O)[C@@H]1O. The summed E-state index contributed by atoms with van der Waals surface area (Å²) in [7, 11) is 0. The van der Waals surface area contributed by atoms with Gasteiger partial charge >= 0.3 is 0 Å². The minimum atomic E-state index is -2.90. The summed E-state index contributed by atoms with van der Waals surface area (Å²) in [5.41, 5.74) is 48.0. The molecule has 6 unspecified atom stereocenters. The lowest BCUT2D eigenvalue weighted by Crippen LogP contribution is -2.73. The zero-order valence-corrected chi connectivity index (χ0v) is 57.5. The van der Waals surface area contributed by atoms with Gasteiger partial charge in [-0.05, 0) is 0 Å². The molecule has 42 N–H and O–H groups in total. The van der Waals surface area contributed by atoms with E-state index in [1.54, 1.807) is 0 Å². The van der Waals surface area contributed by atoms with Gasteiger partial charge in [-0.1, -0.05) is 0 Å². The van der Waals surface area contributed by atoms with Crippen LogP contribution in [0, 0.1) is 0 Å². The first-order valence-electron chi connectivity index (χ1n) is 34.3. The third kappa shape index (κ3) is 18.2. The van der Waals surface area contributed by atoms with Crippen molar-refractivity contribution in [2.24, 2.45) is 51.6 Å². The normalized spacial score (nSPS) is 51.7. The molecule has 0 amide bonds. The fraction of sp³-hybridized carbons (Fsp3) is 0.966. The molecular weight excluding hydrogens is 1480 g/mol. The van der Waals surface area contributed by atoms with Gasteiger partial charge in [0.25, 0.3) is 0 Å². The van der Waals surface area contributed by atoms with Crippen molar-refractivity contribution < 1.29 is 203 Å². The second kappa shape index (κ2) is 38.5. The van der Waals surface area contributed by atoms with Gasteiger partial charge < -0.3 is 245 Å². The molecule has 9 fully saturated rings. The fourth-order valence-corrected chi connectivity index (χ4v) is 13.9. The zero-order valence-electron chi connectivity index (χ0n) is 57.5. The van der Waals surface area contributed by atoms with Gasteiger partial charge in [0.2, 0.25) is 0 Å². The van der Waals surface area contributed by atoms with Crippen LogP contribution in [0.1, 0.15) is 12.8 Å². The number of hydrogen-bond donors (Lipinski definition) is 33. The maximum atomic E-state index is 14.1. The summed E-state index contributed by atoms with van der Waals surface area (Å²) >= 11 is 0. The highest BCUT2D eigenvalue weighted by Crippen LogP contribution is 2.40. The molecule has 0 aromatic carbocycles. The minimum Gasteiger partial charge on any atom is -0.394 e. The lowest BCUT2D eigenvalue weighted by Gasteiger charge is -2.51. The van der Waals surface area contributed by atoms with E-state index in [1.807, 2.05) is 0 Å². The van der Waals surface area contributed by atoms with Crippen LogP contribution in [0.5, 0.6) is 0 Å². The van der Waals surface area contributed by atoms with Crippen molar-refractivity contribution in [1.29, 1.82) is 0 Å². The lowest BCUT2D eigenvalue weighted by atomic mass is 9.78. The van der Waals surface area contributed by atoms with Crippen molar-refractivity contribution >= 4 is 11.6 Å². The molecule has 9 saturated heterocycles. The summed E-state index contributed by atoms with van der Waals surface area (Å²) in [6, 6.07) is -13.6. The molecule has 9 rings (SSSR count). The van der Waals surface area contributed by atoms with E-state index in [2.05, 4.69) is 0 Å². The van der Waals surface area contributed by atoms with Gasteiger partial charge in [-0.15, -0.1) is 0 Å². The van der Waals surface area contributed by atoms with Crippen molar-refractivity contribution in [2.45, 2.75) is 288 Å². The highest BCUT2D eigenvalue weighted by atomic mass is 16.8. The van der Waals surface area contributed by atoms with Gasteiger partial charge in [0.15, 0.2) is 79.4 Å². The van der Waals surface area contributed by atoms with Crippen LogP contribution >= 0.6 is 0 Å². The number of rotatable bonds is 26. The van der Waals surface area contributed by atoms with Crippen LogP contribution in [0.3, 0.4) is 0 Å². The standard InChI is InChI=1S/C40H72N6O28.C18H35N3O13/c41-15-21(55)27(9(3-47)65-33(15)63)69-35-17(43)23(57)29(11(5-49)67-35)71-37-19(45)25(59)31(61)39(7-51,73-37)13(53)1-2-14(54)40(8-52)32(62)26(60)20(46)38(74-40)72-30-12(6-50)68-36(18(44)24(30)58)70-28-10(4-48)66-34(64)16(42)22(28)56;19-7-12(27)14(5(2-23)30-16(7)29)33-18-9(21)13(28)15(6(3-24)32-18)34-17-8(20)11(26)10(25)4(1-22)31-17/h9-12,15-38,47-52,55-64H,1-8,41-46H2;4-18,22-29H,1-3,19-21H2/t9-,10-,11-,12-,15-,16-,17-,18-,19-,20-,21-,22-,23-,24-,25-,26-,27?,28?,29?,30?,31+,32+,33-,34-,35+,36+,37+,38+,39+,40+;4-,5-,6-,7-,8-,9-,10-,11-,12-,13-,14?,15?,16-,17+,18+/m11/s1. The van der Waals surface area contributed by atoms with Crippen molar-refractivity contribution in [2.75, 3.05) is 59.5 Å². The van der Waals surface area contributed by atoms with E-state index >= 15 is 0 Å². The van der Waals surface area contributed by atoms with Gasteiger partial charge in [0.1, 0.15) is 153 Å². The van der Waals surface area contributed by atoms with Crippen LogP contribution in [-0.2, 0) is 80.6 Å². The Morgan fingerprint density at radius 1 is 0.259 bits per heavy atom. The molecule has 50 heteroatoms. The summed E-state index contributed by atoms with van der Waals surface area (Å²) in [6.45, 7) is -8.43. The van der Waals surface area contributed by atoms with Crippen LogP contribution in [0.2, 0.25) is 0 Å². The molecule has 9 aliphatic heterocycles. The zero-order chi connectivity index (χ0) is 80.4. The summed E-state index contributed by atoms with van der Waals surface area (Å²) in [4.78, 5) is 28.2. The Labute approximate surface area is 612 Å². The van der Waals surface area contributed by atoms with E-state index in [9.17, 15) is 132 Å². The van der Waals surface area contributed by atoms with E-state index in [4.69, 9.17) is 123 Å². The van der Waals surface area contributed by atoms with Gasteiger partial charge in [0, 0.05) is 12.8 Å². The first-order valence-corrected chi connectivity index (χ1v) is 34.3. The maximum Gasteiger partial charge on any atom is 0.180 e. The summed E-state index contributed by atoms with van der Waals surface area (Å²) in [5.74, 6) is -2.70. The Morgan fingerprint density at radius 3 is 0.704 bits per heavy atom. The minimum absolute atomic E-state index is 0.651. The van der Waals surface area contributed by atoms with Crippen LogP contribution in [0.15, 0.2) is 0 Å². The van der Waals surface area contributed by atoms with E-state index < -0.39 is 359 Å². The van der Waals surface area contributed by atoms with E-state index in [0.29, 0.717) is 0 Å². The molecule has 9 heterocycles. The topological polar surface area (TPSA) is 892 Å². The lowest BCUT2D eigenvalue weighted by molar-refractivity contribution is -0.356. The number of carbonyl (C=O) groups excluding carboxylic acids is 2. The van der Waals surface area contributed by atoms with Crippen LogP contribution < -0.4 is 51.6 Å². The molecule has 0 saturated carbocycles. The Balaban J connectivity index is 0.000000359. The number of aliphatic hydroxyl groups is 24. The van der Waals surface area contributed by atoms with Crippen LogP contribution in [0.4, 0.5) is 0 Å². The van der Waals surface area contributed by atoms with Crippen molar-refractivity contribution in [1.82, 2.24) is 0 Å². The number of nitrogens with two attached hydrogens (primary N) is 9. The van der Waals surface area contributed by atoms with Crippen LogP contribution in [0.25, 0.3) is 0 Å². The number of carbonyl (C=O) groups is 2. The average molecular weight is 1590 g/mol. The third-order valence-corrected chi connectivity index (χ3v) is 20.8. The molecule has 0 spiro atoms. The summed E-state index contributed by atoms with van der Waals surface area (Å²) in [5, 5.41) is 250. The summed E-state index contributed by atoms with van der Waals surface area (Å²) < 4.78 is 83.8. The number of ketones is 2. The monoisotopic (exact) mass is 1590 g/mol. The second-order valence-electron chi connectivity index (χ2n) is 27.7. The number of ether oxygens (including phenoxy) is 15. The Kier molecular flexibility index (Phi) is 32.4. The second-order valence-corrected chi connectivity index (χ2v) is 27.7. The largest absolute Gasteiger partial charge is 0.394 e. The summed E-state index contributed by atoms with van der Waals surface area (Å²) in [6.07, 6.45) is -58.7. The molecule has 0 radical (unpaired) electrons. The Bertz CT molecular complexity index is 2670. The van der Waals surface area contributed by atoms with Crippen LogP contribution in [-0.4, -0.2) is 468 Å². The van der Waals surface area contributed by atoms with Crippen molar-refractivity contribution in [3.63, 3.8) is 0 Å². The molecule has 9 aliphatic rings. The Morgan fingerprint density at radius 2 is 0.463 bits per heavy atom. The molecule has 108 heavy (non-hydrogen) atoms. The first kappa shape index (κ1) is 91.0. The fourth-order valence-electron chi connectivity index (χ4n) is 13.9. The molecule has 50 nitrogen and oxygen atoms in total.